The Hall–Kier alpha value is -8.40. The van der Waals surface area contributed by atoms with Gasteiger partial charge in [0.05, 0.1) is 33.1 Å². The van der Waals surface area contributed by atoms with Gasteiger partial charge in [0.25, 0.3) is 0 Å². The van der Waals surface area contributed by atoms with E-state index in [1.165, 1.54) is 121 Å². The Kier molecular flexibility index (Phi) is 8.78. The van der Waals surface area contributed by atoms with Crippen molar-refractivity contribution in [3.63, 3.8) is 0 Å². The van der Waals surface area contributed by atoms with Crippen molar-refractivity contribution in [1.82, 2.24) is 13.7 Å². The van der Waals surface area contributed by atoms with Crippen LogP contribution >= 0.6 is 0 Å². The molecule has 13 aromatic rings. The first-order valence-corrected chi connectivity index (χ1v) is 23.3. The minimum Gasteiger partial charge on any atom is -0.309 e. The summed E-state index contributed by atoms with van der Waals surface area (Å²) in [6, 6.07) is 79.1. The summed E-state index contributed by atoms with van der Waals surface area (Å²) in [6.45, 7) is 8.74. The van der Waals surface area contributed by atoms with Gasteiger partial charge in [0, 0.05) is 49.4 Å². The highest BCUT2D eigenvalue weighted by molar-refractivity contribution is 6.13. The Labute approximate surface area is 390 Å². The number of rotatable bonds is 6. The third-order valence-corrected chi connectivity index (χ3v) is 14.2. The zero-order valence-electron chi connectivity index (χ0n) is 38.0. The number of benzene rings is 10. The molecule has 0 aliphatic carbocycles. The molecule has 10 aromatic carbocycles. The third kappa shape index (κ3) is 6.26. The van der Waals surface area contributed by atoms with Crippen molar-refractivity contribution >= 4 is 65.4 Å². The van der Waals surface area contributed by atoms with E-state index in [0.29, 0.717) is 0 Å². The van der Waals surface area contributed by atoms with Crippen molar-refractivity contribution in [2.75, 3.05) is 0 Å². The maximum absolute atomic E-state index is 2.45. The summed E-state index contributed by atoms with van der Waals surface area (Å²) in [5, 5.41) is 7.57. The van der Waals surface area contributed by atoms with Crippen molar-refractivity contribution in [2.24, 2.45) is 0 Å². The number of aryl methyl sites for hydroxylation is 4. The molecule has 0 N–H and O–H groups in total. The van der Waals surface area contributed by atoms with Gasteiger partial charge < -0.3 is 13.7 Å². The number of hydrogen-bond donors (Lipinski definition) is 0. The molecule has 0 saturated heterocycles. The fourth-order valence-corrected chi connectivity index (χ4v) is 10.8. The first-order chi connectivity index (χ1) is 32.8. The molecular formula is C64H47N3. The lowest BCUT2D eigenvalue weighted by Crippen LogP contribution is -1.97. The average molecular weight is 858 g/mol. The molecule has 318 valence electrons. The number of para-hydroxylation sites is 2. The summed E-state index contributed by atoms with van der Waals surface area (Å²) in [7, 11) is 0. The Bertz CT molecular complexity index is 4100. The predicted octanol–water partition coefficient (Wildman–Crippen LogP) is 17.2. The molecule has 0 radical (unpaired) electrons. The van der Waals surface area contributed by atoms with Gasteiger partial charge in [0.1, 0.15) is 0 Å². The van der Waals surface area contributed by atoms with Gasteiger partial charge in [0.2, 0.25) is 0 Å². The molecule has 0 fully saturated rings. The zero-order valence-corrected chi connectivity index (χ0v) is 38.0. The van der Waals surface area contributed by atoms with E-state index in [1.54, 1.807) is 0 Å². The second-order valence-electron chi connectivity index (χ2n) is 18.5. The molecule has 0 aliphatic rings. The second kappa shape index (κ2) is 15.1. The maximum Gasteiger partial charge on any atom is 0.0547 e. The van der Waals surface area contributed by atoms with Crippen LogP contribution in [-0.4, -0.2) is 13.7 Å². The molecule has 3 aromatic heterocycles. The molecule has 13 rings (SSSR count). The number of fused-ring (bicyclic) bond motifs is 9. The van der Waals surface area contributed by atoms with Crippen molar-refractivity contribution in [3.8, 4) is 50.4 Å². The molecule has 0 unspecified atom stereocenters. The van der Waals surface area contributed by atoms with E-state index in [0.717, 1.165) is 17.1 Å². The average Bonchev–Trinajstić information content (AvgIpc) is 3.99. The van der Waals surface area contributed by atoms with Crippen LogP contribution in [0.3, 0.4) is 0 Å². The second-order valence-corrected chi connectivity index (χ2v) is 18.5. The van der Waals surface area contributed by atoms with Crippen LogP contribution in [0.15, 0.2) is 212 Å². The molecule has 0 amide bonds. The topological polar surface area (TPSA) is 14.8 Å². The Morgan fingerprint density at radius 2 is 0.657 bits per heavy atom. The third-order valence-electron chi connectivity index (χ3n) is 14.2. The van der Waals surface area contributed by atoms with Gasteiger partial charge >= 0.3 is 0 Å². The summed E-state index contributed by atoms with van der Waals surface area (Å²) in [5.41, 5.74) is 23.0. The summed E-state index contributed by atoms with van der Waals surface area (Å²) in [6.07, 6.45) is 0. The Morgan fingerprint density at radius 1 is 0.239 bits per heavy atom. The highest BCUT2D eigenvalue weighted by atomic mass is 15.0. The summed E-state index contributed by atoms with van der Waals surface area (Å²) >= 11 is 0. The highest BCUT2D eigenvalue weighted by Crippen LogP contribution is 2.41. The molecule has 3 heteroatoms. The van der Waals surface area contributed by atoms with Crippen molar-refractivity contribution < 1.29 is 0 Å². The van der Waals surface area contributed by atoms with E-state index in [9.17, 15) is 0 Å². The summed E-state index contributed by atoms with van der Waals surface area (Å²) < 4.78 is 7.26. The smallest absolute Gasteiger partial charge is 0.0547 e. The number of nitrogens with zero attached hydrogens (tertiary/aromatic N) is 3. The van der Waals surface area contributed by atoms with E-state index >= 15 is 0 Å². The van der Waals surface area contributed by atoms with Gasteiger partial charge in [-0.3, -0.25) is 0 Å². The van der Waals surface area contributed by atoms with Gasteiger partial charge in [-0.15, -0.1) is 0 Å². The Balaban J connectivity index is 0.938. The minimum absolute atomic E-state index is 1.14. The predicted molar refractivity (Wildman–Crippen MR) is 285 cm³/mol. The quantitative estimate of drug-likeness (QED) is 0.158. The van der Waals surface area contributed by atoms with Gasteiger partial charge in [-0.05, 0) is 170 Å². The highest BCUT2D eigenvalue weighted by Gasteiger charge is 2.19. The fraction of sp³-hybridized carbons (Fsp3) is 0.0625. The molecule has 0 bridgehead atoms. The lowest BCUT2D eigenvalue weighted by atomic mass is 9.94. The molecule has 67 heavy (non-hydrogen) atoms. The first-order valence-electron chi connectivity index (χ1n) is 23.3. The number of hydrogen-bond acceptors (Lipinski definition) is 0. The van der Waals surface area contributed by atoms with Gasteiger partial charge in [-0.2, -0.15) is 0 Å². The zero-order chi connectivity index (χ0) is 44.9. The standard InChI is InChI=1S/C64H47N3/c1-40-14-19-44(20-15-40)45-23-32-62-57(37-45)58-38-47(24-33-63(58)65(62)49-10-6-5-7-11-49)46-21-18-43(4)54(36-46)48-22-29-53-56-35-42(3)17-31-61(56)67(64(53)39-48)51-27-25-50(26-28-51)66-59-13-9-8-12-52(59)55-34-41(2)16-30-60(55)66/h5-39H,1-4H3. The molecule has 0 atom stereocenters. The molecule has 0 saturated carbocycles. The lowest BCUT2D eigenvalue weighted by Gasteiger charge is -2.13. The van der Waals surface area contributed by atoms with Crippen LogP contribution in [0.25, 0.3) is 116 Å². The Morgan fingerprint density at radius 3 is 1.28 bits per heavy atom. The van der Waals surface area contributed by atoms with Gasteiger partial charge in [-0.1, -0.05) is 126 Å². The first kappa shape index (κ1) is 39.0. The van der Waals surface area contributed by atoms with Crippen molar-refractivity contribution in [1.29, 1.82) is 0 Å². The summed E-state index contributed by atoms with van der Waals surface area (Å²) in [4.78, 5) is 0. The summed E-state index contributed by atoms with van der Waals surface area (Å²) in [5.74, 6) is 0. The largest absolute Gasteiger partial charge is 0.309 e. The van der Waals surface area contributed by atoms with Crippen LogP contribution in [0.4, 0.5) is 0 Å². The van der Waals surface area contributed by atoms with Crippen LogP contribution in [0.2, 0.25) is 0 Å². The molecular weight excluding hydrogens is 811 g/mol. The molecule has 0 aliphatic heterocycles. The van der Waals surface area contributed by atoms with Crippen LogP contribution in [0.1, 0.15) is 22.3 Å². The van der Waals surface area contributed by atoms with Crippen LogP contribution in [0, 0.1) is 27.7 Å². The normalized spacial score (nSPS) is 11.9. The minimum atomic E-state index is 1.14. The van der Waals surface area contributed by atoms with E-state index in [-0.39, 0.29) is 0 Å². The van der Waals surface area contributed by atoms with E-state index < -0.39 is 0 Å². The molecule has 3 nitrogen and oxygen atoms in total. The van der Waals surface area contributed by atoms with Gasteiger partial charge in [-0.25, -0.2) is 0 Å². The van der Waals surface area contributed by atoms with E-state index in [2.05, 4.69) is 254 Å². The van der Waals surface area contributed by atoms with Gasteiger partial charge in [0.15, 0.2) is 0 Å². The van der Waals surface area contributed by atoms with Crippen LogP contribution < -0.4 is 0 Å². The van der Waals surface area contributed by atoms with E-state index in [1.807, 2.05) is 0 Å². The maximum atomic E-state index is 2.45. The number of aromatic nitrogens is 3. The fourth-order valence-electron chi connectivity index (χ4n) is 10.8. The molecule has 0 spiro atoms. The van der Waals surface area contributed by atoms with Crippen LogP contribution in [0.5, 0.6) is 0 Å². The van der Waals surface area contributed by atoms with Crippen molar-refractivity contribution in [3.05, 3.63) is 235 Å². The van der Waals surface area contributed by atoms with Crippen molar-refractivity contribution in [2.45, 2.75) is 27.7 Å². The lowest BCUT2D eigenvalue weighted by molar-refractivity contribution is 1.14. The molecule has 3 heterocycles. The monoisotopic (exact) mass is 857 g/mol. The van der Waals surface area contributed by atoms with E-state index in [4.69, 9.17) is 0 Å². The van der Waals surface area contributed by atoms with Crippen LogP contribution in [-0.2, 0) is 0 Å². The SMILES string of the molecule is Cc1ccc(-c2ccc3c(c2)c2cc(-c4ccc(C)c(-c5ccc6c7cc(C)ccc7n(-c7ccc(-n8c9ccccc9c9cc(C)ccc98)cc7)c6c5)c4)ccc2n3-c2ccccc2)cc1.